The Hall–Kier alpha value is -7.32. The first-order valence-corrected chi connectivity index (χ1v) is 31.2. The Labute approximate surface area is 532 Å². The second-order valence-electron chi connectivity index (χ2n) is 22.3. The number of cyclic esters (lactones) is 1. The SMILES string of the molecule is CC[C@@]1(O)C(=O)OCc2c1cc1n(c2=O)Cc2c-1nc1cc(F)c(C)c3c1c2[C@@H](NCc1ccc(NC(=O)C(CCCNC(N)=O)NC(=O)C(NC(=O)CCOCCOCCOCCOCCOCCOCCOCCOCCOCCN=[N+]=[N-])C(C)C)cn1)CC3. The number of esters is 1. The van der Waals surface area contributed by atoms with E-state index in [2.05, 4.69) is 41.6 Å². The van der Waals surface area contributed by atoms with Crippen molar-refractivity contribution in [1.82, 2.24) is 35.8 Å². The third kappa shape index (κ3) is 20.6. The summed E-state index contributed by atoms with van der Waals surface area (Å²) in [6.07, 6.45) is 2.96. The van der Waals surface area contributed by atoms with E-state index in [1.807, 2.05) is 0 Å². The van der Waals surface area contributed by atoms with E-state index in [0.717, 1.165) is 22.1 Å². The number of anilines is 1. The number of nitrogens with zero attached hydrogens (tertiary/aromatic N) is 6. The number of ether oxygens (including phenoxy) is 10. The molecule has 1 aliphatic carbocycles. The van der Waals surface area contributed by atoms with Crippen molar-refractivity contribution in [2.75, 3.05) is 137 Å². The summed E-state index contributed by atoms with van der Waals surface area (Å²) in [5, 5.41) is 30.2. The van der Waals surface area contributed by atoms with Gasteiger partial charge in [0.2, 0.25) is 17.7 Å². The van der Waals surface area contributed by atoms with Gasteiger partial charge in [0.25, 0.3) is 5.56 Å². The predicted molar refractivity (Wildman–Crippen MR) is 332 cm³/mol. The monoisotopic (exact) mass is 1290 g/mol. The fraction of sp³-hybridized carbons (Fsp3) is 0.613. The Kier molecular flexibility index (Phi) is 29.3. The summed E-state index contributed by atoms with van der Waals surface area (Å²) >= 11 is 0. The number of azide groups is 1. The molecule has 8 N–H and O–H groups in total. The number of aromatic nitrogens is 3. The number of hydrogen-bond acceptors (Lipinski definition) is 21. The van der Waals surface area contributed by atoms with E-state index in [1.54, 1.807) is 50.5 Å². The van der Waals surface area contributed by atoms with Crippen molar-refractivity contribution >= 4 is 46.3 Å². The van der Waals surface area contributed by atoms with E-state index in [4.69, 9.17) is 63.6 Å². The van der Waals surface area contributed by atoms with Crippen LogP contribution in [0.5, 0.6) is 0 Å². The van der Waals surface area contributed by atoms with Crippen LogP contribution in [0.15, 0.2) is 40.4 Å². The van der Waals surface area contributed by atoms with Crippen molar-refractivity contribution in [3.63, 3.8) is 0 Å². The highest BCUT2D eigenvalue weighted by molar-refractivity contribution is 5.98. The number of benzene rings is 1. The van der Waals surface area contributed by atoms with Crippen molar-refractivity contribution in [3.05, 3.63) is 96.2 Å². The smallest absolute Gasteiger partial charge is 0.343 e. The van der Waals surface area contributed by atoms with Crippen molar-refractivity contribution in [3.8, 4) is 11.4 Å². The van der Waals surface area contributed by atoms with Gasteiger partial charge in [-0.25, -0.2) is 19.0 Å². The van der Waals surface area contributed by atoms with Crippen LogP contribution in [0.25, 0.3) is 32.7 Å². The number of fused-ring (bicyclic) bond motifs is 5. The largest absolute Gasteiger partial charge is 0.458 e. The number of nitrogens with two attached hydrogens (primary N) is 1. The highest BCUT2D eigenvalue weighted by Gasteiger charge is 2.46. The van der Waals surface area contributed by atoms with E-state index >= 15 is 4.39 Å². The van der Waals surface area contributed by atoms with Crippen LogP contribution in [0, 0.1) is 18.7 Å². The number of hydrogen-bond donors (Lipinski definition) is 7. The number of amides is 5. The number of primary amides is 1. The molecule has 504 valence electrons. The normalized spacial score (nSPS) is 16.1. The van der Waals surface area contributed by atoms with Crippen LogP contribution in [-0.2, 0) is 98.3 Å². The molecule has 0 saturated heterocycles. The molecule has 1 aromatic carbocycles. The maximum absolute atomic E-state index is 15.5. The minimum Gasteiger partial charge on any atom is -0.458 e. The van der Waals surface area contributed by atoms with Crippen molar-refractivity contribution in [1.29, 1.82) is 0 Å². The first-order chi connectivity index (χ1) is 44.6. The quantitative estimate of drug-likeness (QED) is 0.00963. The minimum atomic E-state index is -2.01. The maximum Gasteiger partial charge on any atom is 0.343 e. The van der Waals surface area contributed by atoms with Crippen LogP contribution in [-0.4, -0.2) is 193 Å². The van der Waals surface area contributed by atoms with E-state index < -0.39 is 58.8 Å². The summed E-state index contributed by atoms with van der Waals surface area (Å²) in [5.74, 6) is -3.17. The zero-order valence-electron chi connectivity index (χ0n) is 52.8. The highest BCUT2D eigenvalue weighted by Crippen LogP contribution is 2.46. The summed E-state index contributed by atoms with van der Waals surface area (Å²) < 4.78 is 71.6. The predicted octanol–water partition coefficient (Wildman–Crippen LogP) is 3.56. The molecule has 0 radical (unpaired) electrons. The van der Waals surface area contributed by atoms with Crippen LogP contribution < -0.4 is 37.9 Å². The van der Waals surface area contributed by atoms with Gasteiger partial charge in [-0.15, -0.1) is 0 Å². The lowest BCUT2D eigenvalue weighted by atomic mass is 9.81. The van der Waals surface area contributed by atoms with Crippen molar-refractivity contribution < 1.29 is 80.8 Å². The highest BCUT2D eigenvalue weighted by atomic mass is 19.1. The van der Waals surface area contributed by atoms with Gasteiger partial charge in [-0.2, -0.15) is 0 Å². The Balaban J connectivity index is 0.790. The number of urea groups is 1. The van der Waals surface area contributed by atoms with Crippen LogP contribution in [0.4, 0.5) is 14.9 Å². The lowest BCUT2D eigenvalue weighted by molar-refractivity contribution is -0.172. The number of halogens is 1. The Morgan fingerprint density at radius 3 is 1.99 bits per heavy atom. The van der Waals surface area contributed by atoms with Crippen LogP contribution in [0.3, 0.4) is 0 Å². The molecule has 2 unspecified atom stereocenters. The van der Waals surface area contributed by atoms with Gasteiger partial charge in [0.05, 0.1) is 166 Å². The number of carbonyl (C=O) groups is 5. The second-order valence-corrected chi connectivity index (χ2v) is 22.3. The maximum atomic E-state index is 15.5. The number of carbonyl (C=O) groups excluding carboxylic acids is 5. The number of aliphatic hydroxyl groups is 1. The molecule has 4 aromatic rings. The standard InChI is InChI=1S/C62H87FN12O17/c1-5-62(82)46-33-51-56-44(37-75(51)59(79)45(46)38-92-60(62)80)54-48(11-10-43-40(4)47(63)34-50(71-56)53(43)54)68-35-41-8-9-42(36-67-41)70-57(77)49(7-6-13-66-61(64)81)72-58(78)55(39(2)3)73-52(76)12-15-83-17-19-85-21-23-87-25-27-89-29-31-91-32-30-90-28-26-88-24-22-86-20-18-84-16-14-69-74-65/h8-9,33-34,36,39,48-49,55,68,82H,5-7,10-32,35,37-38H2,1-4H3,(H,70,77)(H,72,78)(H,73,76)(H3,64,66,81)/t48-,49?,55?,62-/m0/s1. The third-order valence-electron chi connectivity index (χ3n) is 15.7. The topological polar surface area (TPSA) is 381 Å². The molecule has 0 saturated carbocycles. The molecule has 92 heavy (non-hydrogen) atoms. The molecular weight excluding hydrogens is 1200 g/mol. The van der Waals surface area contributed by atoms with Gasteiger partial charge >= 0.3 is 12.0 Å². The molecule has 0 fully saturated rings. The number of nitrogens with one attached hydrogen (secondary N) is 5. The summed E-state index contributed by atoms with van der Waals surface area (Å²) in [7, 11) is 0. The Morgan fingerprint density at radius 2 is 1.43 bits per heavy atom. The average molecular weight is 1290 g/mol. The van der Waals surface area contributed by atoms with Gasteiger partial charge in [-0.05, 0) is 85.4 Å². The summed E-state index contributed by atoms with van der Waals surface area (Å²) in [5.41, 5.74) is 16.7. The zero-order valence-corrected chi connectivity index (χ0v) is 52.8. The molecule has 3 aliphatic rings. The van der Waals surface area contributed by atoms with E-state index in [0.29, 0.717) is 152 Å². The third-order valence-corrected chi connectivity index (χ3v) is 15.7. The van der Waals surface area contributed by atoms with Gasteiger partial charge in [0.15, 0.2) is 5.60 Å². The molecule has 30 heteroatoms. The Bertz CT molecular complexity index is 3220. The average Bonchev–Trinajstić information content (AvgIpc) is 1.47. The zero-order chi connectivity index (χ0) is 65.8. The molecule has 5 amide bonds. The molecule has 29 nitrogen and oxygen atoms in total. The Morgan fingerprint density at radius 1 is 0.837 bits per heavy atom. The summed E-state index contributed by atoms with van der Waals surface area (Å²) in [6, 6.07) is 3.34. The number of aryl methyl sites for hydroxylation is 1. The van der Waals surface area contributed by atoms with E-state index in [1.165, 1.54) is 12.3 Å². The fourth-order valence-corrected chi connectivity index (χ4v) is 10.8. The van der Waals surface area contributed by atoms with Gasteiger partial charge in [0.1, 0.15) is 24.5 Å². The second kappa shape index (κ2) is 37.4. The van der Waals surface area contributed by atoms with E-state index in [-0.39, 0.29) is 94.8 Å². The molecule has 7 rings (SSSR count). The first-order valence-electron chi connectivity index (χ1n) is 31.2. The first kappa shape index (κ1) is 72.1. The number of rotatable bonds is 44. The molecule has 5 heterocycles. The van der Waals surface area contributed by atoms with Crippen LogP contribution in [0.2, 0.25) is 0 Å². The van der Waals surface area contributed by atoms with E-state index in [9.17, 15) is 33.9 Å². The van der Waals surface area contributed by atoms with Gasteiger partial charge in [-0.3, -0.25) is 24.2 Å². The van der Waals surface area contributed by atoms with Gasteiger partial charge in [0, 0.05) is 59.6 Å². The van der Waals surface area contributed by atoms with Gasteiger partial charge in [-0.1, -0.05) is 25.9 Å². The molecule has 0 spiro atoms. The molecular formula is C62H87FN12O17. The molecule has 2 aliphatic heterocycles. The lowest BCUT2D eigenvalue weighted by Crippen LogP contribution is -2.54. The van der Waals surface area contributed by atoms with Crippen LogP contribution >= 0.6 is 0 Å². The summed E-state index contributed by atoms with van der Waals surface area (Å²) in [4.78, 5) is 91.4. The lowest BCUT2D eigenvalue weighted by Gasteiger charge is -2.31. The van der Waals surface area contributed by atoms with Crippen molar-refractivity contribution in [2.45, 2.75) is 110 Å². The fourth-order valence-electron chi connectivity index (χ4n) is 10.8. The number of pyridine rings is 3. The summed E-state index contributed by atoms with van der Waals surface area (Å²) in [6.45, 7) is 14.2. The molecule has 4 atom stereocenters. The van der Waals surface area contributed by atoms with Crippen LogP contribution in [0.1, 0.15) is 98.0 Å². The minimum absolute atomic E-state index is 0.0135. The molecule has 3 aromatic heterocycles. The molecule has 0 bridgehead atoms. The van der Waals surface area contributed by atoms with Gasteiger partial charge < -0.3 is 89.4 Å². The van der Waals surface area contributed by atoms with Crippen molar-refractivity contribution in [2.24, 2.45) is 16.8 Å².